The van der Waals surface area contributed by atoms with Gasteiger partial charge in [0.25, 0.3) is 0 Å². The van der Waals surface area contributed by atoms with E-state index in [0.717, 1.165) is 18.9 Å². The third kappa shape index (κ3) is 3.70. The highest BCUT2D eigenvalue weighted by Crippen LogP contribution is 2.39. The average Bonchev–Trinajstić information content (AvgIpc) is 3.15. The lowest BCUT2D eigenvalue weighted by Gasteiger charge is -2.29. The van der Waals surface area contributed by atoms with E-state index in [4.69, 9.17) is 8.83 Å². The SMILES string of the molecule is OC(CC1CCCCCN1Cc1nnc(C2CC2)o1)c1ccco1. The summed E-state index contributed by atoms with van der Waals surface area (Å²) in [5, 5.41) is 18.9. The van der Waals surface area contributed by atoms with E-state index < -0.39 is 6.10 Å². The maximum Gasteiger partial charge on any atom is 0.230 e. The van der Waals surface area contributed by atoms with Crippen molar-refractivity contribution in [3.63, 3.8) is 0 Å². The molecule has 2 atom stereocenters. The Hall–Kier alpha value is -1.66. The molecule has 4 rings (SSSR count). The van der Waals surface area contributed by atoms with Crippen LogP contribution in [0.5, 0.6) is 0 Å². The number of nitrogens with zero attached hydrogens (tertiary/aromatic N) is 3. The van der Waals surface area contributed by atoms with Crippen LogP contribution in [-0.4, -0.2) is 32.8 Å². The van der Waals surface area contributed by atoms with Gasteiger partial charge in [-0.1, -0.05) is 12.8 Å². The molecule has 6 heteroatoms. The van der Waals surface area contributed by atoms with Crippen LogP contribution in [0.1, 0.15) is 74.5 Å². The minimum atomic E-state index is -0.560. The fourth-order valence-corrected chi connectivity index (χ4v) is 3.57. The first-order valence-corrected chi connectivity index (χ1v) is 9.07. The van der Waals surface area contributed by atoms with Crippen LogP contribution in [-0.2, 0) is 6.54 Å². The van der Waals surface area contributed by atoms with Crippen molar-refractivity contribution in [2.75, 3.05) is 6.54 Å². The molecular formula is C18H25N3O3. The number of aliphatic hydroxyl groups is 1. The van der Waals surface area contributed by atoms with Gasteiger partial charge in [-0.2, -0.15) is 0 Å². The van der Waals surface area contributed by atoms with Gasteiger partial charge in [0.2, 0.25) is 11.8 Å². The molecule has 1 aliphatic heterocycles. The summed E-state index contributed by atoms with van der Waals surface area (Å²) in [5.41, 5.74) is 0. The number of aromatic nitrogens is 2. The van der Waals surface area contributed by atoms with Crippen LogP contribution in [0, 0.1) is 0 Å². The molecule has 6 nitrogen and oxygen atoms in total. The molecule has 0 spiro atoms. The fraction of sp³-hybridized carbons (Fsp3) is 0.667. The first kappa shape index (κ1) is 15.8. The Bertz CT molecular complexity index is 636. The van der Waals surface area contributed by atoms with Gasteiger partial charge in [-0.15, -0.1) is 10.2 Å². The largest absolute Gasteiger partial charge is 0.467 e. The molecule has 24 heavy (non-hydrogen) atoms. The van der Waals surface area contributed by atoms with Gasteiger partial charge in [-0.05, 0) is 50.8 Å². The summed E-state index contributed by atoms with van der Waals surface area (Å²) in [5.74, 6) is 2.64. The van der Waals surface area contributed by atoms with Crippen LogP contribution >= 0.6 is 0 Å². The van der Waals surface area contributed by atoms with Gasteiger partial charge in [-0.3, -0.25) is 4.90 Å². The molecule has 1 saturated heterocycles. The van der Waals surface area contributed by atoms with Crippen molar-refractivity contribution in [3.05, 3.63) is 35.9 Å². The lowest BCUT2D eigenvalue weighted by atomic mass is 10.0. The van der Waals surface area contributed by atoms with Crippen molar-refractivity contribution >= 4 is 0 Å². The van der Waals surface area contributed by atoms with Crippen molar-refractivity contribution in [1.29, 1.82) is 0 Å². The van der Waals surface area contributed by atoms with Gasteiger partial charge < -0.3 is 13.9 Å². The summed E-state index contributed by atoms with van der Waals surface area (Å²) < 4.78 is 11.2. The van der Waals surface area contributed by atoms with Crippen molar-refractivity contribution in [1.82, 2.24) is 15.1 Å². The van der Waals surface area contributed by atoms with Crippen LogP contribution in [0.25, 0.3) is 0 Å². The molecule has 0 amide bonds. The van der Waals surface area contributed by atoms with E-state index in [2.05, 4.69) is 15.1 Å². The Labute approximate surface area is 141 Å². The number of hydrogen-bond acceptors (Lipinski definition) is 6. The zero-order chi connectivity index (χ0) is 16.4. The van der Waals surface area contributed by atoms with Crippen molar-refractivity contribution in [2.45, 2.75) is 69.6 Å². The number of hydrogen-bond donors (Lipinski definition) is 1. The Morgan fingerprint density at radius 3 is 2.92 bits per heavy atom. The van der Waals surface area contributed by atoms with Crippen LogP contribution in [0.15, 0.2) is 27.2 Å². The smallest absolute Gasteiger partial charge is 0.230 e. The second-order valence-corrected chi connectivity index (χ2v) is 7.05. The van der Waals surface area contributed by atoms with Crippen molar-refractivity contribution < 1.29 is 13.9 Å². The lowest BCUT2D eigenvalue weighted by Crippen LogP contribution is -2.35. The number of likely N-dealkylation sites (tertiary alicyclic amines) is 1. The summed E-state index contributed by atoms with van der Waals surface area (Å²) in [6.07, 6.45) is 8.77. The first-order chi connectivity index (χ1) is 11.8. The molecule has 0 aromatic carbocycles. The first-order valence-electron chi connectivity index (χ1n) is 9.07. The predicted molar refractivity (Wildman–Crippen MR) is 87.2 cm³/mol. The van der Waals surface area contributed by atoms with E-state index in [1.54, 1.807) is 6.26 Å². The van der Waals surface area contributed by atoms with E-state index in [-0.39, 0.29) is 0 Å². The van der Waals surface area contributed by atoms with Crippen molar-refractivity contribution in [3.8, 4) is 0 Å². The fourth-order valence-electron chi connectivity index (χ4n) is 3.57. The molecule has 1 saturated carbocycles. The molecular weight excluding hydrogens is 306 g/mol. The van der Waals surface area contributed by atoms with E-state index in [9.17, 15) is 5.11 Å². The van der Waals surface area contributed by atoms with Crippen molar-refractivity contribution in [2.24, 2.45) is 0 Å². The Morgan fingerprint density at radius 1 is 1.21 bits per heavy atom. The highest BCUT2D eigenvalue weighted by Gasteiger charge is 2.31. The van der Waals surface area contributed by atoms with E-state index in [1.807, 2.05) is 12.1 Å². The van der Waals surface area contributed by atoms with Gasteiger partial charge >= 0.3 is 0 Å². The maximum absolute atomic E-state index is 10.5. The predicted octanol–water partition coefficient (Wildman–Crippen LogP) is 3.41. The maximum atomic E-state index is 10.5. The molecule has 130 valence electrons. The molecule has 1 aliphatic carbocycles. The molecule has 0 radical (unpaired) electrons. The topological polar surface area (TPSA) is 75.5 Å². The van der Waals surface area contributed by atoms with Gasteiger partial charge in [0.05, 0.1) is 12.8 Å². The summed E-state index contributed by atoms with van der Waals surface area (Å²) >= 11 is 0. The number of rotatable bonds is 6. The van der Waals surface area contributed by atoms with Gasteiger partial charge in [-0.25, -0.2) is 0 Å². The minimum absolute atomic E-state index is 0.309. The number of furan rings is 1. The summed E-state index contributed by atoms with van der Waals surface area (Å²) in [7, 11) is 0. The highest BCUT2D eigenvalue weighted by atomic mass is 16.4. The molecule has 2 aromatic rings. The third-order valence-electron chi connectivity index (χ3n) is 5.11. The summed E-state index contributed by atoms with van der Waals surface area (Å²) in [4.78, 5) is 2.39. The molecule has 2 fully saturated rings. The molecule has 1 N–H and O–H groups in total. The van der Waals surface area contributed by atoms with Gasteiger partial charge in [0.15, 0.2) is 0 Å². The molecule has 2 unspecified atom stereocenters. The molecule has 3 heterocycles. The lowest BCUT2D eigenvalue weighted by molar-refractivity contribution is 0.0788. The number of aliphatic hydroxyl groups excluding tert-OH is 1. The monoisotopic (exact) mass is 331 g/mol. The summed E-state index contributed by atoms with van der Waals surface area (Å²) in [6, 6.07) is 3.97. The van der Waals surface area contributed by atoms with Gasteiger partial charge in [0.1, 0.15) is 11.9 Å². The van der Waals surface area contributed by atoms with Crippen LogP contribution in [0.2, 0.25) is 0 Å². The highest BCUT2D eigenvalue weighted by molar-refractivity contribution is 5.03. The quantitative estimate of drug-likeness (QED) is 0.874. The summed E-state index contributed by atoms with van der Waals surface area (Å²) in [6.45, 7) is 1.69. The Balaban J connectivity index is 1.42. The van der Waals surface area contributed by atoms with E-state index in [1.165, 1.54) is 32.1 Å². The second kappa shape index (κ2) is 7.07. The van der Waals surface area contributed by atoms with Gasteiger partial charge in [0, 0.05) is 12.0 Å². The standard InChI is InChI=1S/C18H25N3O3/c22-15(16-6-4-10-23-16)11-14-5-2-1-3-9-21(14)12-17-19-20-18(24-17)13-7-8-13/h4,6,10,13-15,22H,1-3,5,7-9,11-12H2. The second-order valence-electron chi connectivity index (χ2n) is 7.05. The zero-order valence-corrected chi connectivity index (χ0v) is 13.9. The Morgan fingerprint density at radius 2 is 2.12 bits per heavy atom. The van der Waals surface area contributed by atoms with Crippen LogP contribution < -0.4 is 0 Å². The zero-order valence-electron chi connectivity index (χ0n) is 13.9. The average molecular weight is 331 g/mol. The molecule has 2 aromatic heterocycles. The van der Waals surface area contributed by atoms with Crippen LogP contribution in [0.4, 0.5) is 0 Å². The van der Waals surface area contributed by atoms with E-state index >= 15 is 0 Å². The Kier molecular flexibility index (Phi) is 4.67. The minimum Gasteiger partial charge on any atom is -0.467 e. The molecule has 0 bridgehead atoms. The third-order valence-corrected chi connectivity index (χ3v) is 5.11. The van der Waals surface area contributed by atoms with E-state index in [0.29, 0.717) is 36.6 Å². The molecule has 2 aliphatic rings. The van der Waals surface area contributed by atoms with Crippen LogP contribution in [0.3, 0.4) is 0 Å². The normalized spacial score (nSPS) is 24.0.